The van der Waals surface area contributed by atoms with Crippen LogP contribution in [0.3, 0.4) is 0 Å². The molecule has 0 N–H and O–H groups in total. The monoisotopic (exact) mass is 436 g/mol. The molecule has 0 atom stereocenters. The number of hydrogen-bond donors (Lipinski definition) is 0. The van der Waals surface area contributed by atoms with Gasteiger partial charge in [0.15, 0.2) is 0 Å². The Labute approximate surface area is 171 Å². The fraction of sp³-hybridized carbons (Fsp3) is 0.412. The molecular weight excluding hydrogens is 420 g/mol. The van der Waals surface area contributed by atoms with Crippen molar-refractivity contribution in [1.82, 2.24) is 24.1 Å². The van der Waals surface area contributed by atoms with Crippen LogP contribution in [0.15, 0.2) is 18.5 Å². The molecule has 1 aliphatic heterocycles. The lowest BCUT2D eigenvalue weighted by molar-refractivity contribution is 0.0719. The van der Waals surface area contributed by atoms with Crippen LogP contribution in [0.4, 0.5) is 0 Å². The maximum Gasteiger partial charge on any atom is 0.223 e. The van der Waals surface area contributed by atoms with Crippen molar-refractivity contribution < 1.29 is 8.42 Å². The normalized spacial score (nSPS) is 16.8. The number of aryl methyl sites for hydroxylation is 1. The molecule has 0 amide bonds. The van der Waals surface area contributed by atoms with Gasteiger partial charge >= 0.3 is 0 Å². The van der Waals surface area contributed by atoms with Crippen LogP contribution in [0.25, 0.3) is 21.5 Å². The zero-order chi connectivity index (χ0) is 20.1. The molecule has 3 aromatic rings. The van der Waals surface area contributed by atoms with E-state index in [0.717, 1.165) is 20.7 Å². The van der Waals surface area contributed by atoms with Gasteiger partial charge in [-0.2, -0.15) is 14.7 Å². The average molecular weight is 437 g/mol. The van der Waals surface area contributed by atoms with Crippen LogP contribution in [-0.4, -0.2) is 51.3 Å². The highest BCUT2D eigenvalue weighted by Gasteiger charge is 2.49. The van der Waals surface area contributed by atoms with Crippen molar-refractivity contribution in [1.29, 1.82) is 5.26 Å². The van der Waals surface area contributed by atoms with Crippen molar-refractivity contribution in [3.63, 3.8) is 0 Å². The third-order valence-corrected chi connectivity index (χ3v) is 7.91. The highest BCUT2D eigenvalue weighted by atomic mass is 35.5. The molecule has 0 bridgehead atoms. The molecule has 1 fully saturated rings. The van der Waals surface area contributed by atoms with Gasteiger partial charge in [-0.05, 0) is 31.5 Å². The van der Waals surface area contributed by atoms with Crippen LogP contribution in [0.1, 0.15) is 18.2 Å². The lowest BCUT2D eigenvalue weighted by atomic mass is 9.89. The Morgan fingerprint density at radius 1 is 1.39 bits per heavy atom. The lowest BCUT2D eigenvalue weighted by Gasteiger charge is -2.47. The zero-order valence-corrected chi connectivity index (χ0v) is 17.6. The van der Waals surface area contributed by atoms with E-state index in [1.165, 1.54) is 4.31 Å². The smallest absolute Gasteiger partial charge is 0.223 e. The van der Waals surface area contributed by atoms with Crippen molar-refractivity contribution in [3.8, 4) is 17.3 Å². The van der Waals surface area contributed by atoms with Gasteiger partial charge in [-0.1, -0.05) is 0 Å². The van der Waals surface area contributed by atoms with E-state index in [9.17, 15) is 13.7 Å². The summed E-state index contributed by atoms with van der Waals surface area (Å²) in [5, 5.41) is 13.9. The number of nitrogens with zero attached hydrogens (tertiary/aromatic N) is 6. The molecule has 4 rings (SSSR count). The van der Waals surface area contributed by atoms with Crippen molar-refractivity contribution in [2.24, 2.45) is 0 Å². The quantitative estimate of drug-likeness (QED) is 0.569. The molecule has 146 valence electrons. The fourth-order valence-corrected chi connectivity index (χ4v) is 5.77. The molecule has 0 spiro atoms. The summed E-state index contributed by atoms with van der Waals surface area (Å²) in [5.74, 6) is 0.0368. The molecule has 0 aromatic carbocycles. The number of nitriles is 1. The highest BCUT2D eigenvalue weighted by Crippen LogP contribution is 2.37. The minimum atomic E-state index is -3.29. The van der Waals surface area contributed by atoms with Crippen LogP contribution >= 0.6 is 22.9 Å². The summed E-state index contributed by atoms with van der Waals surface area (Å²) in [7, 11) is -3.29. The molecule has 28 heavy (non-hydrogen) atoms. The second kappa shape index (κ2) is 6.77. The lowest BCUT2D eigenvalue weighted by Crippen LogP contribution is -2.64. The van der Waals surface area contributed by atoms with Gasteiger partial charge in [0, 0.05) is 29.7 Å². The van der Waals surface area contributed by atoms with Crippen molar-refractivity contribution in [2.45, 2.75) is 25.8 Å². The van der Waals surface area contributed by atoms with Crippen molar-refractivity contribution in [3.05, 3.63) is 28.6 Å². The Morgan fingerprint density at radius 2 is 2.14 bits per heavy atom. The maximum atomic E-state index is 12.1. The second-order valence-electron chi connectivity index (χ2n) is 6.81. The maximum absolute atomic E-state index is 12.1. The second-order valence-corrected chi connectivity index (χ2v) is 10.7. The first kappa shape index (κ1) is 19.3. The number of hydrogen-bond acceptors (Lipinski definition) is 7. The standard InChI is InChI=1S/C17H17ClN6O2S2/c1-3-28(25,26)23-9-17(10-23,4-5-19)24-8-12(7-20-24)14-15-13(6-11(2)27-15)21-16(18)22-14/h6-8H,3-4,9-10H2,1-2H3. The Balaban J connectivity index is 1.72. The van der Waals surface area contributed by atoms with Crippen LogP contribution in [-0.2, 0) is 15.6 Å². The Bertz CT molecular complexity index is 1200. The van der Waals surface area contributed by atoms with Crippen LogP contribution in [0.2, 0.25) is 5.28 Å². The number of fused-ring (bicyclic) bond motifs is 1. The third kappa shape index (κ3) is 3.08. The first-order chi connectivity index (χ1) is 13.3. The van der Waals surface area contributed by atoms with E-state index >= 15 is 0 Å². The molecule has 1 saturated heterocycles. The van der Waals surface area contributed by atoms with Crippen molar-refractivity contribution in [2.75, 3.05) is 18.8 Å². The van der Waals surface area contributed by atoms with Crippen molar-refractivity contribution >= 4 is 43.2 Å². The van der Waals surface area contributed by atoms with E-state index in [-0.39, 0.29) is 30.5 Å². The van der Waals surface area contributed by atoms with E-state index in [2.05, 4.69) is 21.1 Å². The molecule has 0 aliphatic carbocycles. The van der Waals surface area contributed by atoms with Gasteiger partial charge in [-0.3, -0.25) is 4.68 Å². The topological polar surface area (TPSA) is 105 Å². The molecule has 0 radical (unpaired) electrons. The third-order valence-electron chi connectivity index (χ3n) is 4.92. The molecule has 3 aromatic heterocycles. The van der Waals surface area contributed by atoms with Crippen LogP contribution in [0.5, 0.6) is 0 Å². The van der Waals surface area contributed by atoms with Gasteiger partial charge in [-0.25, -0.2) is 18.4 Å². The van der Waals surface area contributed by atoms with Gasteiger partial charge in [0.1, 0.15) is 5.54 Å². The van der Waals surface area contributed by atoms with E-state index < -0.39 is 15.6 Å². The first-order valence-corrected chi connectivity index (χ1v) is 11.4. The largest absolute Gasteiger partial charge is 0.262 e. The van der Waals surface area contributed by atoms with Crippen LogP contribution < -0.4 is 0 Å². The predicted octanol–water partition coefficient (Wildman–Crippen LogP) is 2.79. The summed E-state index contributed by atoms with van der Waals surface area (Å²) in [6, 6.07) is 4.12. The Morgan fingerprint density at radius 3 is 2.82 bits per heavy atom. The minimum absolute atomic E-state index is 0.0368. The first-order valence-electron chi connectivity index (χ1n) is 8.62. The Kier molecular flexibility index (Phi) is 4.66. The zero-order valence-electron chi connectivity index (χ0n) is 15.3. The number of thiophene rings is 1. The van der Waals surface area contributed by atoms with Crippen LogP contribution in [0, 0.1) is 18.3 Å². The predicted molar refractivity (Wildman–Crippen MR) is 108 cm³/mol. The van der Waals surface area contributed by atoms with E-state index in [1.54, 1.807) is 35.3 Å². The number of rotatable bonds is 5. The fourth-order valence-electron chi connectivity index (χ4n) is 3.40. The summed E-state index contributed by atoms with van der Waals surface area (Å²) >= 11 is 7.67. The average Bonchev–Trinajstić information content (AvgIpc) is 3.23. The van der Waals surface area contributed by atoms with E-state index in [0.29, 0.717) is 5.69 Å². The van der Waals surface area contributed by atoms with Gasteiger partial charge in [0.05, 0.1) is 40.4 Å². The van der Waals surface area contributed by atoms with Gasteiger partial charge in [-0.15, -0.1) is 11.3 Å². The molecular formula is C17H17ClN6O2S2. The number of aromatic nitrogens is 4. The highest BCUT2D eigenvalue weighted by molar-refractivity contribution is 7.89. The summed E-state index contributed by atoms with van der Waals surface area (Å²) in [6.45, 7) is 4.07. The number of sulfonamides is 1. The minimum Gasteiger partial charge on any atom is -0.262 e. The molecule has 8 nitrogen and oxygen atoms in total. The number of halogens is 1. The molecule has 11 heteroatoms. The van der Waals surface area contributed by atoms with E-state index in [1.807, 2.05) is 13.0 Å². The molecule has 0 unspecified atom stereocenters. The molecule has 1 aliphatic rings. The molecule has 4 heterocycles. The van der Waals surface area contributed by atoms with Gasteiger partial charge in [0.25, 0.3) is 0 Å². The SMILES string of the molecule is CCS(=O)(=O)N1CC(CC#N)(n2cc(-c3nc(Cl)nc4cc(C)sc34)cn2)C1. The van der Waals surface area contributed by atoms with Gasteiger partial charge in [0.2, 0.25) is 15.3 Å². The summed E-state index contributed by atoms with van der Waals surface area (Å²) < 4.78 is 28.2. The Hall–Kier alpha value is -2.06. The van der Waals surface area contributed by atoms with Gasteiger partial charge < -0.3 is 0 Å². The molecule has 0 saturated carbocycles. The summed E-state index contributed by atoms with van der Waals surface area (Å²) in [4.78, 5) is 9.74. The summed E-state index contributed by atoms with van der Waals surface area (Å²) in [6.07, 6.45) is 3.64. The van der Waals surface area contributed by atoms with E-state index in [4.69, 9.17) is 11.6 Å². The summed E-state index contributed by atoms with van der Waals surface area (Å²) in [5.41, 5.74) is 1.55.